The van der Waals surface area contributed by atoms with Gasteiger partial charge in [0.05, 0.1) is 18.1 Å². The highest BCUT2D eigenvalue weighted by Gasteiger charge is 2.42. The lowest BCUT2D eigenvalue weighted by atomic mass is 9.73. The number of ether oxygens (including phenoxy) is 1. The van der Waals surface area contributed by atoms with Crippen molar-refractivity contribution in [1.82, 2.24) is 15.5 Å². The van der Waals surface area contributed by atoms with Crippen molar-refractivity contribution < 1.29 is 14.3 Å². The number of amides is 2. The van der Waals surface area contributed by atoms with E-state index in [9.17, 15) is 9.59 Å². The van der Waals surface area contributed by atoms with E-state index in [0.29, 0.717) is 24.9 Å². The van der Waals surface area contributed by atoms with Gasteiger partial charge in [-0.25, -0.2) is 0 Å². The first-order valence-electron chi connectivity index (χ1n) is 15.2. The first-order chi connectivity index (χ1) is 17.3. The van der Waals surface area contributed by atoms with E-state index in [1.165, 1.54) is 38.6 Å². The molecule has 2 aliphatic heterocycles. The van der Waals surface area contributed by atoms with E-state index in [2.05, 4.69) is 43.2 Å². The number of piperidine rings is 1. The summed E-state index contributed by atoms with van der Waals surface area (Å²) >= 11 is 0. The quantitative estimate of drug-likeness (QED) is 0.514. The van der Waals surface area contributed by atoms with Crippen molar-refractivity contribution in [3.63, 3.8) is 0 Å². The highest BCUT2D eigenvalue weighted by atomic mass is 16.5. The highest BCUT2D eigenvalue weighted by molar-refractivity contribution is 5.90. The molecule has 6 nitrogen and oxygen atoms in total. The van der Waals surface area contributed by atoms with Crippen LogP contribution in [0, 0.1) is 23.2 Å². The highest BCUT2D eigenvalue weighted by Crippen LogP contribution is 2.38. The second-order valence-corrected chi connectivity index (χ2v) is 13.0. The number of nitrogens with one attached hydrogen (secondary N) is 2. The SMILES string of the molecule is CC(C)C[C@H]1COCCCCCC2(CCN(CC3CCCCC3)CC2)C(=O)N[C@@H](CC(C)C)C(=O)N1. The largest absolute Gasteiger partial charge is 0.379 e. The molecule has 2 heterocycles. The molecule has 2 amide bonds. The van der Waals surface area contributed by atoms with Crippen molar-refractivity contribution in [3.8, 4) is 0 Å². The fraction of sp³-hybridized carbons (Fsp3) is 0.933. The van der Waals surface area contributed by atoms with Crippen LogP contribution in [0.2, 0.25) is 0 Å². The maximum atomic E-state index is 13.9. The van der Waals surface area contributed by atoms with Gasteiger partial charge in [0.2, 0.25) is 11.8 Å². The van der Waals surface area contributed by atoms with Gasteiger partial charge < -0.3 is 20.3 Å². The minimum absolute atomic E-state index is 0.0102. The summed E-state index contributed by atoms with van der Waals surface area (Å²) in [6, 6.07) is -0.490. The van der Waals surface area contributed by atoms with E-state index in [-0.39, 0.29) is 23.3 Å². The van der Waals surface area contributed by atoms with Gasteiger partial charge in [-0.3, -0.25) is 9.59 Å². The van der Waals surface area contributed by atoms with E-state index >= 15 is 0 Å². The minimum Gasteiger partial charge on any atom is -0.379 e. The molecule has 0 radical (unpaired) electrons. The van der Waals surface area contributed by atoms with Gasteiger partial charge in [-0.05, 0) is 82.2 Å². The van der Waals surface area contributed by atoms with Crippen LogP contribution in [0.5, 0.6) is 0 Å². The summed E-state index contributed by atoms with van der Waals surface area (Å²) in [5.41, 5.74) is -0.346. The average Bonchev–Trinajstić information content (AvgIpc) is 2.83. The molecule has 3 fully saturated rings. The van der Waals surface area contributed by atoms with Crippen molar-refractivity contribution >= 4 is 11.8 Å². The third-order valence-electron chi connectivity index (χ3n) is 8.73. The van der Waals surface area contributed by atoms with Crippen LogP contribution in [-0.4, -0.2) is 61.6 Å². The molecule has 1 spiro atoms. The Balaban J connectivity index is 1.69. The van der Waals surface area contributed by atoms with Gasteiger partial charge in [0.25, 0.3) is 0 Å². The molecular formula is C30H55N3O3. The van der Waals surface area contributed by atoms with Crippen LogP contribution >= 0.6 is 0 Å². The Morgan fingerprint density at radius 1 is 0.861 bits per heavy atom. The van der Waals surface area contributed by atoms with Gasteiger partial charge in [-0.2, -0.15) is 0 Å². The Bertz CT molecular complexity index is 666. The van der Waals surface area contributed by atoms with Crippen molar-refractivity contribution in [2.24, 2.45) is 23.2 Å². The van der Waals surface area contributed by atoms with E-state index in [4.69, 9.17) is 4.74 Å². The third kappa shape index (κ3) is 9.31. The normalized spacial score (nSPS) is 28.2. The Hall–Kier alpha value is -1.14. The molecule has 0 aromatic heterocycles. The van der Waals surface area contributed by atoms with E-state index in [0.717, 1.165) is 70.6 Å². The molecule has 36 heavy (non-hydrogen) atoms. The van der Waals surface area contributed by atoms with E-state index in [1.54, 1.807) is 0 Å². The van der Waals surface area contributed by atoms with Crippen LogP contribution in [0.15, 0.2) is 0 Å². The number of hydrogen-bond acceptors (Lipinski definition) is 4. The number of carbonyl (C=O) groups is 2. The fourth-order valence-electron chi connectivity index (χ4n) is 6.61. The summed E-state index contributed by atoms with van der Waals surface area (Å²) in [6.07, 6.45) is 14.3. The third-order valence-corrected chi connectivity index (χ3v) is 8.73. The predicted octanol–water partition coefficient (Wildman–Crippen LogP) is 5.30. The summed E-state index contributed by atoms with van der Waals surface area (Å²) in [5, 5.41) is 6.51. The monoisotopic (exact) mass is 505 g/mol. The summed E-state index contributed by atoms with van der Waals surface area (Å²) in [5.74, 6) is 1.71. The maximum Gasteiger partial charge on any atom is 0.242 e. The molecule has 1 saturated carbocycles. The second kappa shape index (κ2) is 14.7. The van der Waals surface area contributed by atoms with Crippen LogP contribution in [0.4, 0.5) is 0 Å². The molecular weight excluding hydrogens is 450 g/mol. The van der Waals surface area contributed by atoms with Crippen molar-refractivity contribution in [1.29, 1.82) is 0 Å². The van der Waals surface area contributed by atoms with Gasteiger partial charge in [0.15, 0.2) is 0 Å². The molecule has 0 aromatic carbocycles. The fourth-order valence-corrected chi connectivity index (χ4v) is 6.61. The first kappa shape index (κ1) is 29.4. The molecule has 3 aliphatic rings. The molecule has 208 valence electrons. The molecule has 6 heteroatoms. The number of carbonyl (C=O) groups excluding carboxylic acids is 2. The van der Waals surface area contributed by atoms with Crippen molar-refractivity contribution in [2.45, 2.75) is 123 Å². The molecule has 3 rings (SSSR count). The summed E-state index contributed by atoms with van der Waals surface area (Å²) in [7, 11) is 0. The lowest BCUT2D eigenvalue weighted by Crippen LogP contribution is -2.56. The van der Waals surface area contributed by atoms with E-state index in [1.807, 2.05) is 0 Å². The van der Waals surface area contributed by atoms with Crippen LogP contribution in [0.3, 0.4) is 0 Å². The number of hydrogen-bond donors (Lipinski definition) is 2. The number of nitrogens with zero attached hydrogens (tertiary/aromatic N) is 1. The van der Waals surface area contributed by atoms with Crippen LogP contribution in [-0.2, 0) is 14.3 Å². The summed E-state index contributed by atoms with van der Waals surface area (Å²) in [6.45, 7) is 13.1. The average molecular weight is 506 g/mol. The zero-order chi connectivity index (χ0) is 26.0. The Labute approximate surface area is 221 Å². The Kier molecular flexibility index (Phi) is 12.0. The molecule has 1 aliphatic carbocycles. The first-order valence-corrected chi connectivity index (χ1v) is 15.2. The van der Waals surface area contributed by atoms with Gasteiger partial charge >= 0.3 is 0 Å². The smallest absolute Gasteiger partial charge is 0.242 e. The second-order valence-electron chi connectivity index (χ2n) is 13.0. The minimum atomic E-state index is -0.479. The van der Waals surface area contributed by atoms with E-state index < -0.39 is 6.04 Å². The van der Waals surface area contributed by atoms with Crippen LogP contribution < -0.4 is 10.6 Å². The predicted molar refractivity (Wildman–Crippen MR) is 147 cm³/mol. The summed E-state index contributed by atoms with van der Waals surface area (Å²) < 4.78 is 5.99. The summed E-state index contributed by atoms with van der Waals surface area (Å²) in [4.78, 5) is 29.9. The standard InChI is InChI=1S/C30H55N3O3/c1-23(2)19-26-22-36-18-10-6-9-13-30(29(35)32-27(20-24(3)4)28(34)31-26)14-16-33(17-15-30)21-25-11-7-5-8-12-25/h23-27H,5-22H2,1-4H3,(H,31,34)(H,32,35)/t26-,27-/m0/s1. The van der Waals surface area contributed by atoms with Crippen LogP contribution in [0.25, 0.3) is 0 Å². The van der Waals surface area contributed by atoms with Gasteiger partial charge in [-0.1, -0.05) is 59.8 Å². The van der Waals surface area contributed by atoms with Gasteiger partial charge in [0.1, 0.15) is 6.04 Å². The van der Waals surface area contributed by atoms with Crippen molar-refractivity contribution in [2.75, 3.05) is 32.8 Å². The van der Waals surface area contributed by atoms with Gasteiger partial charge in [-0.15, -0.1) is 0 Å². The molecule has 0 bridgehead atoms. The Morgan fingerprint density at radius 3 is 2.19 bits per heavy atom. The number of likely N-dealkylation sites (tertiary alicyclic amines) is 1. The van der Waals surface area contributed by atoms with Gasteiger partial charge in [0, 0.05) is 13.2 Å². The number of rotatable bonds is 6. The lowest BCUT2D eigenvalue weighted by molar-refractivity contribution is -0.139. The van der Waals surface area contributed by atoms with Crippen LogP contribution in [0.1, 0.15) is 111 Å². The Morgan fingerprint density at radius 2 is 1.53 bits per heavy atom. The molecule has 0 unspecified atom stereocenters. The lowest BCUT2D eigenvalue weighted by Gasteiger charge is -2.43. The topological polar surface area (TPSA) is 70.7 Å². The zero-order valence-corrected chi connectivity index (χ0v) is 23.8. The molecule has 0 aromatic rings. The molecule has 2 N–H and O–H groups in total. The van der Waals surface area contributed by atoms with Crippen molar-refractivity contribution in [3.05, 3.63) is 0 Å². The zero-order valence-electron chi connectivity index (χ0n) is 23.8. The molecule has 2 saturated heterocycles. The molecule has 2 atom stereocenters. The maximum absolute atomic E-state index is 13.9.